The molecule has 2 aromatic carbocycles. The molecule has 2 rings (SSSR count). The molecule has 0 aliphatic heterocycles. The second kappa shape index (κ2) is 8.71. The van der Waals surface area contributed by atoms with E-state index >= 15 is 0 Å². The average molecular weight is 349 g/mol. The van der Waals surface area contributed by atoms with Gasteiger partial charge in [-0.15, -0.1) is 12.4 Å². The Hall–Kier alpha value is -2.04. The molecule has 0 fully saturated rings. The molecule has 0 radical (unpaired) electrons. The van der Waals surface area contributed by atoms with Crippen LogP contribution in [-0.4, -0.2) is 30.9 Å². The third kappa shape index (κ3) is 5.55. The maximum atomic E-state index is 12.5. The topological polar surface area (TPSA) is 55.6 Å². The van der Waals surface area contributed by atoms with E-state index in [4.69, 9.17) is 10.5 Å². The van der Waals surface area contributed by atoms with Gasteiger partial charge < -0.3 is 15.4 Å². The Morgan fingerprint density at radius 1 is 1.04 bits per heavy atom. The Morgan fingerprint density at radius 3 is 2.12 bits per heavy atom. The van der Waals surface area contributed by atoms with Crippen molar-refractivity contribution in [3.05, 3.63) is 60.2 Å². The zero-order valence-corrected chi connectivity index (χ0v) is 15.2. The smallest absolute Gasteiger partial charge is 0.253 e. The molecule has 0 spiro atoms. The summed E-state index contributed by atoms with van der Waals surface area (Å²) in [6.07, 6.45) is 0. The molecule has 5 heteroatoms. The van der Waals surface area contributed by atoms with Crippen molar-refractivity contribution < 1.29 is 9.53 Å². The molecule has 0 saturated heterocycles. The molecule has 0 aliphatic rings. The van der Waals surface area contributed by atoms with E-state index in [2.05, 4.69) is 0 Å². The SMILES string of the molecule is CN(CC(C)(C)CN)C(=O)c1ccc(Oc2ccccc2)cc1.Cl. The lowest BCUT2D eigenvalue weighted by atomic mass is 9.93. The molecular weight excluding hydrogens is 324 g/mol. The number of ether oxygens (including phenoxy) is 1. The molecule has 2 aromatic rings. The minimum atomic E-state index is -0.0965. The third-order valence-corrected chi connectivity index (χ3v) is 3.64. The third-order valence-electron chi connectivity index (χ3n) is 3.64. The maximum Gasteiger partial charge on any atom is 0.253 e. The van der Waals surface area contributed by atoms with Crippen LogP contribution in [0.15, 0.2) is 54.6 Å². The van der Waals surface area contributed by atoms with Gasteiger partial charge in [0.15, 0.2) is 0 Å². The largest absolute Gasteiger partial charge is 0.457 e. The molecule has 0 atom stereocenters. The number of amides is 1. The summed E-state index contributed by atoms with van der Waals surface area (Å²) >= 11 is 0. The zero-order valence-electron chi connectivity index (χ0n) is 14.4. The average Bonchev–Trinajstić information content (AvgIpc) is 2.55. The fourth-order valence-electron chi connectivity index (χ4n) is 2.29. The summed E-state index contributed by atoms with van der Waals surface area (Å²) in [7, 11) is 1.80. The van der Waals surface area contributed by atoms with E-state index in [1.807, 2.05) is 56.3 Å². The lowest BCUT2D eigenvalue weighted by Crippen LogP contribution is -2.39. The number of para-hydroxylation sites is 1. The van der Waals surface area contributed by atoms with Crippen LogP contribution < -0.4 is 10.5 Å². The first-order valence-electron chi connectivity index (χ1n) is 7.70. The summed E-state index contributed by atoms with van der Waals surface area (Å²) in [4.78, 5) is 14.2. The van der Waals surface area contributed by atoms with Crippen molar-refractivity contribution in [1.82, 2.24) is 4.90 Å². The number of carbonyl (C=O) groups is 1. The first-order chi connectivity index (χ1) is 10.9. The van der Waals surface area contributed by atoms with Crippen molar-refractivity contribution in [2.45, 2.75) is 13.8 Å². The van der Waals surface area contributed by atoms with Gasteiger partial charge in [0, 0.05) is 19.2 Å². The fraction of sp³-hybridized carbons (Fsp3) is 0.316. The van der Waals surface area contributed by atoms with Gasteiger partial charge in [0.2, 0.25) is 0 Å². The molecule has 0 saturated carbocycles. The Bertz CT molecular complexity index is 642. The molecule has 0 aliphatic carbocycles. The van der Waals surface area contributed by atoms with Gasteiger partial charge in [-0.2, -0.15) is 0 Å². The van der Waals surface area contributed by atoms with Crippen LogP contribution in [0.25, 0.3) is 0 Å². The Labute approximate surface area is 150 Å². The van der Waals surface area contributed by atoms with E-state index in [-0.39, 0.29) is 23.7 Å². The summed E-state index contributed by atoms with van der Waals surface area (Å²) in [5.41, 5.74) is 6.28. The van der Waals surface area contributed by atoms with E-state index < -0.39 is 0 Å². The lowest BCUT2D eigenvalue weighted by molar-refractivity contribution is 0.0740. The number of nitrogens with zero attached hydrogens (tertiary/aromatic N) is 1. The van der Waals surface area contributed by atoms with Crippen LogP contribution in [0.4, 0.5) is 0 Å². The van der Waals surface area contributed by atoms with Gasteiger partial charge in [-0.05, 0) is 48.4 Å². The van der Waals surface area contributed by atoms with Gasteiger partial charge in [-0.3, -0.25) is 4.79 Å². The molecule has 4 nitrogen and oxygen atoms in total. The first-order valence-corrected chi connectivity index (χ1v) is 7.70. The van der Waals surface area contributed by atoms with Gasteiger partial charge >= 0.3 is 0 Å². The van der Waals surface area contributed by atoms with E-state index in [0.717, 1.165) is 5.75 Å². The van der Waals surface area contributed by atoms with Crippen LogP contribution in [0.2, 0.25) is 0 Å². The normalized spacial score (nSPS) is 10.7. The molecule has 2 N–H and O–H groups in total. The molecule has 24 heavy (non-hydrogen) atoms. The highest BCUT2D eigenvalue weighted by Crippen LogP contribution is 2.22. The molecule has 0 aromatic heterocycles. The van der Waals surface area contributed by atoms with Crippen LogP contribution in [-0.2, 0) is 0 Å². The maximum absolute atomic E-state index is 12.5. The highest BCUT2D eigenvalue weighted by molar-refractivity contribution is 5.94. The minimum Gasteiger partial charge on any atom is -0.457 e. The second-order valence-corrected chi connectivity index (χ2v) is 6.47. The summed E-state index contributed by atoms with van der Waals surface area (Å²) in [6, 6.07) is 16.7. The molecule has 0 unspecified atom stereocenters. The van der Waals surface area contributed by atoms with Crippen LogP contribution in [0.3, 0.4) is 0 Å². The van der Waals surface area contributed by atoms with Crippen LogP contribution in [0, 0.1) is 5.41 Å². The van der Waals surface area contributed by atoms with Crippen molar-refractivity contribution in [3.63, 3.8) is 0 Å². The van der Waals surface area contributed by atoms with Crippen molar-refractivity contribution in [3.8, 4) is 11.5 Å². The fourth-order valence-corrected chi connectivity index (χ4v) is 2.29. The van der Waals surface area contributed by atoms with Crippen molar-refractivity contribution >= 4 is 18.3 Å². The number of hydrogen-bond acceptors (Lipinski definition) is 3. The lowest BCUT2D eigenvalue weighted by Gasteiger charge is -2.29. The first kappa shape index (κ1) is 20.0. The summed E-state index contributed by atoms with van der Waals surface area (Å²) in [5, 5.41) is 0. The van der Waals surface area contributed by atoms with Gasteiger partial charge in [0.1, 0.15) is 11.5 Å². The number of benzene rings is 2. The van der Waals surface area contributed by atoms with Crippen molar-refractivity contribution in [2.75, 3.05) is 20.1 Å². The highest BCUT2D eigenvalue weighted by atomic mass is 35.5. The molecule has 1 amide bonds. The minimum absolute atomic E-state index is 0. The summed E-state index contributed by atoms with van der Waals surface area (Å²) < 4.78 is 5.73. The van der Waals surface area contributed by atoms with Gasteiger partial charge in [-0.1, -0.05) is 32.0 Å². The number of nitrogens with two attached hydrogens (primary N) is 1. The molecule has 0 heterocycles. The van der Waals surface area contributed by atoms with E-state index in [1.54, 1.807) is 24.1 Å². The summed E-state index contributed by atoms with van der Waals surface area (Å²) in [6.45, 7) is 5.25. The van der Waals surface area contributed by atoms with E-state index in [1.165, 1.54) is 0 Å². The van der Waals surface area contributed by atoms with Crippen molar-refractivity contribution in [1.29, 1.82) is 0 Å². The number of rotatable bonds is 6. The molecular formula is C19H25ClN2O2. The number of hydrogen-bond donors (Lipinski definition) is 1. The van der Waals surface area contributed by atoms with Gasteiger partial charge in [-0.25, -0.2) is 0 Å². The predicted octanol–water partition coefficient (Wildman–Crippen LogP) is 3.96. The van der Waals surface area contributed by atoms with Gasteiger partial charge in [0.25, 0.3) is 5.91 Å². The van der Waals surface area contributed by atoms with Gasteiger partial charge in [0.05, 0.1) is 0 Å². The molecule has 130 valence electrons. The quantitative estimate of drug-likeness (QED) is 0.859. The number of carbonyl (C=O) groups excluding carboxylic acids is 1. The van der Waals surface area contributed by atoms with E-state index in [9.17, 15) is 4.79 Å². The Morgan fingerprint density at radius 2 is 1.58 bits per heavy atom. The van der Waals surface area contributed by atoms with Crippen LogP contribution in [0.1, 0.15) is 24.2 Å². The Kier molecular flexibility index (Phi) is 7.26. The second-order valence-electron chi connectivity index (χ2n) is 6.47. The zero-order chi connectivity index (χ0) is 16.9. The van der Waals surface area contributed by atoms with E-state index in [0.29, 0.717) is 24.4 Å². The summed E-state index contributed by atoms with van der Waals surface area (Å²) in [5.74, 6) is 1.46. The Balaban J connectivity index is 0.00000288. The number of halogens is 1. The van der Waals surface area contributed by atoms with Crippen LogP contribution >= 0.6 is 12.4 Å². The monoisotopic (exact) mass is 348 g/mol. The van der Waals surface area contributed by atoms with Crippen molar-refractivity contribution in [2.24, 2.45) is 11.1 Å². The highest BCUT2D eigenvalue weighted by Gasteiger charge is 2.21. The predicted molar refractivity (Wildman–Crippen MR) is 100 cm³/mol. The standard InChI is InChI=1S/C19H24N2O2.ClH/c1-19(2,13-20)14-21(3)18(22)15-9-11-17(12-10-15)23-16-7-5-4-6-8-16;/h4-12H,13-14,20H2,1-3H3;1H. The molecule has 0 bridgehead atoms. The van der Waals surface area contributed by atoms with Crippen LogP contribution in [0.5, 0.6) is 11.5 Å².